The minimum Gasteiger partial charge on any atom is -0.488 e. The molecule has 1 N–H and O–H groups in total. The van der Waals surface area contributed by atoms with E-state index in [2.05, 4.69) is 51.1 Å². The summed E-state index contributed by atoms with van der Waals surface area (Å²) in [6.07, 6.45) is 9.15. The lowest BCUT2D eigenvalue weighted by atomic mass is 9.96. The van der Waals surface area contributed by atoms with E-state index in [9.17, 15) is 10.4 Å². The molecule has 1 fully saturated rings. The smallest absolute Gasteiger partial charge is 0.137 e. The summed E-state index contributed by atoms with van der Waals surface area (Å²) in [5.74, 6) is 1.66. The van der Waals surface area contributed by atoms with Gasteiger partial charge in [0.2, 0.25) is 0 Å². The van der Waals surface area contributed by atoms with Crippen LogP contribution in [0.15, 0.2) is 52.7 Å². The topological polar surface area (TPSA) is 103 Å². The van der Waals surface area contributed by atoms with Gasteiger partial charge in [-0.2, -0.15) is 5.26 Å². The second-order valence-electron chi connectivity index (χ2n) is 11.0. The summed E-state index contributed by atoms with van der Waals surface area (Å²) in [5, 5.41) is 19.1. The molecule has 1 saturated heterocycles. The van der Waals surface area contributed by atoms with Gasteiger partial charge in [0.15, 0.2) is 0 Å². The zero-order valence-electron chi connectivity index (χ0n) is 23.6. The second-order valence-corrected chi connectivity index (χ2v) is 11.0. The molecule has 2 aliphatic heterocycles. The van der Waals surface area contributed by atoms with Gasteiger partial charge in [0.1, 0.15) is 36.9 Å². The maximum atomic E-state index is 9.80. The summed E-state index contributed by atoms with van der Waals surface area (Å²) in [6, 6.07) is 12.4. The van der Waals surface area contributed by atoms with Gasteiger partial charge in [-0.25, -0.2) is 0 Å². The van der Waals surface area contributed by atoms with Crippen molar-refractivity contribution in [3.63, 3.8) is 0 Å². The lowest BCUT2D eigenvalue weighted by molar-refractivity contribution is 0.0346. The molecule has 3 aromatic rings. The summed E-state index contributed by atoms with van der Waals surface area (Å²) in [4.78, 5) is 15.6. The fourth-order valence-electron chi connectivity index (χ4n) is 5.98. The SMILES string of the molecule is Cc1c(COc2cc(OCc3cncc(C#N)c3)c(CN3CCC3CO)c3c2CCC3)cccc1C1=NC(C)N=C1. The molecular formula is C33H35N5O3. The number of rotatable bonds is 10. The summed E-state index contributed by atoms with van der Waals surface area (Å²) in [7, 11) is 0. The highest BCUT2D eigenvalue weighted by Crippen LogP contribution is 2.41. The first-order chi connectivity index (χ1) is 20.0. The molecule has 8 heteroatoms. The van der Waals surface area contributed by atoms with Crippen molar-refractivity contribution in [3.8, 4) is 17.6 Å². The number of pyridine rings is 1. The number of hydrogen-bond acceptors (Lipinski definition) is 8. The first-order valence-electron chi connectivity index (χ1n) is 14.4. The van der Waals surface area contributed by atoms with E-state index in [-0.39, 0.29) is 18.8 Å². The fraction of sp³-hybridized carbons (Fsp3) is 0.394. The first-order valence-corrected chi connectivity index (χ1v) is 14.4. The minimum atomic E-state index is -0.0362. The van der Waals surface area contributed by atoms with E-state index < -0.39 is 0 Å². The molecule has 0 bridgehead atoms. The Balaban J connectivity index is 1.30. The van der Waals surface area contributed by atoms with Crippen LogP contribution in [0.5, 0.6) is 11.5 Å². The summed E-state index contributed by atoms with van der Waals surface area (Å²) >= 11 is 0. The maximum Gasteiger partial charge on any atom is 0.137 e. The van der Waals surface area contributed by atoms with Crippen LogP contribution in [0.4, 0.5) is 0 Å². The van der Waals surface area contributed by atoms with Crippen LogP contribution in [-0.2, 0) is 32.6 Å². The standard InChI is InChI=1S/C33H35N5O3/c1-21-25(5-3-6-27(21)31-16-36-22(2)37-31)20-41-32-12-33(40-19-24-11-23(13-34)14-35-15-24)30(28-7-4-8-29(28)32)17-38-10-9-26(38)18-39/h3,5-6,11-12,14-16,22,26,39H,4,7-10,17-20H2,1-2H3. The van der Waals surface area contributed by atoms with Gasteiger partial charge in [0.05, 0.1) is 17.9 Å². The van der Waals surface area contributed by atoms with E-state index >= 15 is 0 Å². The van der Waals surface area contributed by atoms with Crippen molar-refractivity contribution in [2.45, 2.75) is 71.5 Å². The number of fused-ring (bicyclic) bond motifs is 1. The average molecular weight is 550 g/mol. The summed E-state index contributed by atoms with van der Waals surface area (Å²) in [5.41, 5.74) is 9.37. The Morgan fingerprint density at radius 2 is 1.95 bits per heavy atom. The van der Waals surface area contributed by atoms with Gasteiger partial charge >= 0.3 is 0 Å². The third kappa shape index (κ3) is 5.61. The number of likely N-dealkylation sites (tertiary alicyclic amines) is 1. The lowest BCUT2D eigenvalue weighted by Gasteiger charge is -2.40. The minimum absolute atomic E-state index is 0.0362. The molecule has 0 saturated carbocycles. The number of ether oxygens (including phenoxy) is 2. The van der Waals surface area contributed by atoms with Crippen molar-refractivity contribution in [1.82, 2.24) is 9.88 Å². The molecule has 2 unspecified atom stereocenters. The number of aliphatic imine (C=N–C) groups is 2. The van der Waals surface area contributed by atoms with Crippen molar-refractivity contribution in [1.29, 1.82) is 5.26 Å². The van der Waals surface area contributed by atoms with Crippen molar-refractivity contribution < 1.29 is 14.6 Å². The normalized spacial score (nSPS) is 19.4. The molecule has 3 aliphatic rings. The number of nitriles is 1. The Hall–Kier alpha value is -4.06. The van der Waals surface area contributed by atoms with E-state index in [0.29, 0.717) is 18.8 Å². The van der Waals surface area contributed by atoms with E-state index in [1.165, 1.54) is 16.7 Å². The Kier molecular flexibility index (Phi) is 7.82. The number of hydrogen-bond donors (Lipinski definition) is 1. The van der Waals surface area contributed by atoms with Gasteiger partial charge in [-0.1, -0.05) is 18.2 Å². The Morgan fingerprint density at radius 1 is 1.10 bits per heavy atom. The highest BCUT2D eigenvalue weighted by Gasteiger charge is 2.31. The fourth-order valence-corrected chi connectivity index (χ4v) is 5.98. The van der Waals surface area contributed by atoms with Crippen molar-refractivity contribution >= 4 is 11.9 Å². The Labute approximate surface area is 241 Å². The predicted molar refractivity (Wildman–Crippen MR) is 158 cm³/mol. The van der Waals surface area contributed by atoms with E-state index in [1.807, 2.05) is 25.3 Å². The molecule has 1 aliphatic carbocycles. The Bertz CT molecular complexity index is 1560. The molecule has 6 rings (SSSR count). The van der Waals surface area contributed by atoms with Gasteiger partial charge in [-0.3, -0.25) is 19.9 Å². The first kappa shape index (κ1) is 27.1. The van der Waals surface area contributed by atoms with Crippen LogP contribution in [0.1, 0.15) is 64.3 Å². The van der Waals surface area contributed by atoms with Crippen LogP contribution in [0, 0.1) is 18.3 Å². The lowest BCUT2D eigenvalue weighted by Crippen LogP contribution is -2.49. The molecule has 41 heavy (non-hydrogen) atoms. The van der Waals surface area contributed by atoms with E-state index in [0.717, 1.165) is 78.2 Å². The van der Waals surface area contributed by atoms with Crippen molar-refractivity contribution in [3.05, 3.63) is 87.2 Å². The van der Waals surface area contributed by atoms with Crippen LogP contribution in [0.3, 0.4) is 0 Å². The maximum absolute atomic E-state index is 9.80. The van der Waals surface area contributed by atoms with Gasteiger partial charge in [0.25, 0.3) is 0 Å². The molecule has 3 heterocycles. The third-order valence-electron chi connectivity index (χ3n) is 8.44. The van der Waals surface area contributed by atoms with Crippen LogP contribution in [-0.4, -0.2) is 52.3 Å². The molecule has 0 radical (unpaired) electrons. The number of aliphatic hydroxyl groups excluding tert-OH is 1. The predicted octanol–water partition coefficient (Wildman–Crippen LogP) is 4.69. The van der Waals surface area contributed by atoms with Gasteiger partial charge in [-0.05, 0) is 67.9 Å². The zero-order chi connectivity index (χ0) is 28.3. The summed E-state index contributed by atoms with van der Waals surface area (Å²) in [6.45, 7) is 6.72. The van der Waals surface area contributed by atoms with E-state index in [1.54, 1.807) is 12.4 Å². The second kappa shape index (κ2) is 11.8. The van der Waals surface area contributed by atoms with Gasteiger partial charge in [0, 0.05) is 60.5 Å². The molecule has 210 valence electrons. The molecular weight excluding hydrogens is 514 g/mol. The largest absolute Gasteiger partial charge is 0.488 e. The molecule has 8 nitrogen and oxygen atoms in total. The van der Waals surface area contributed by atoms with Crippen LogP contribution in [0.25, 0.3) is 0 Å². The monoisotopic (exact) mass is 549 g/mol. The van der Waals surface area contributed by atoms with Crippen molar-refractivity contribution in [2.24, 2.45) is 9.98 Å². The molecule has 0 amide bonds. The number of aromatic nitrogens is 1. The van der Waals surface area contributed by atoms with Crippen LogP contribution in [0.2, 0.25) is 0 Å². The highest BCUT2D eigenvalue weighted by atomic mass is 16.5. The summed E-state index contributed by atoms with van der Waals surface area (Å²) < 4.78 is 13.0. The van der Waals surface area contributed by atoms with Gasteiger partial charge in [-0.15, -0.1) is 0 Å². The average Bonchev–Trinajstić information content (AvgIpc) is 3.64. The zero-order valence-corrected chi connectivity index (χ0v) is 23.6. The molecule has 1 aromatic heterocycles. The third-order valence-corrected chi connectivity index (χ3v) is 8.44. The van der Waals surface area contributed by atoms with E-state index in [4.69, 9.17) is 9.47 Å². The Morgan fingerprint density at radius 3 is 2.71 bits per heavy atom. The highest BCUT2D eigenvalue weighted by molar-refractivity contribution is 6.39. The molecule has 2 atom stereocenters. The van der Waals surface area contributed by atoms with Crippen molar-refractivity contribution in [2.75, 3.05) is 13.2 Å². The van der Waals surface area contributed by atoms with Gasteiger partial charge < -0.3 is 14.6 Å². The molecule has 2 aromatic carbocycles. The van der Waals surface area contributed by atoms with Crippen LogP contribution < -0.4 is 9.47 Å². The number of benzene rings is 2. The quantitative estimate of drug-likeness (QED) is 0.393. The number of aliphatic hydroxyl groups is 1. The van der Waals surface area contributed by atoms with Crippen LogP contribution >= 0.6 is 0 Å². The molecule has 0 spiro atoms. The number of nitrogens with zero attached hydrogens (tertiary/aromatic N) is 5.